The number of hydrogen-bond donors (Lipinski definition) is 2. The number of rotatable bonds is 2. The van der Waals surface area contributed by atoms with Gasteiger partial charge in [-0.3, -0.25) is 0 Å². The molecule has 4 nitrogen and oxygen atoms in total. The van der Waals surface area contributed by atoms with E-state index < -0.39 is 0 Å². The summed E-state index contributed by atoms with van der Waals surface area (Å²) in [6.45, 7) is 1.97. The molecule has 2 N–H and O–H groups in total. The van der Waals surface area contributed by atoms with Gasteiger partial charge >= 0.3 is 6.03 Å². The third-order valence-corrected chi connectivity index (χ3v) is 4.21. The van der Waals surface area contributed by atoms with Crippen molar-refractivity contribution in [1.82, 2.24) is 10.2 Å². The Kier molecular flexibility index (Phi) is 4.06. The van der Waals surface area contributed by atoms with E-state index in [1.165, 1.54) is 0 Å². The number of urea groups is 1. The second-order valence-electron chi connectivity index (χ2n) is 5.55. The van der Waals surface area contributed by atoms with Crippen LogP contribution in [0.5, 0.6) is 0 Å². The van der Waals surface area contributed by atoms with Gasteiger partial charge in [-0.05, 0) is 37.4 Å². The minimum atomic E-state index is -0.0294. The standard InChI is InChI=1S/C17H21N3O/c1-20(14-9-11-18-12-10-14)17(21)19-16-8-4-6-13-5-2-3-7-15(13)16/h2-8,14,18H,9-12H2,1H3,(H,19,21). The number of nitrogens with zero attached hydrogens (tertiary/aromatic N) is 1. The Morgan fingerprint density at radius 3 is 2.67 bits per heavy atom. The van der Waals surface area contributed by atoms with Crippen LogP contribution in [-0.4, -0.2) is 37.1 Å². The average molecular weight is 283 g/mol. The molecule has 0 atom stereocenters. The molecule has 0 bridgehead atoms. The fourth-order valence-electron chi connectivity index (χ4n) is 2.90. The molecule has 1 saturated heterocycles. The van der Waals surface area contributed by atoms with Crippen LogP contribution in [0.3, 0.4) is 0 Å². The van der Waals surface area contributed by atoms with E-state index in [0.717, 1.165) is 42.4 Å². The molecule has 2 aromatic carbocycles. The molecule has 1 aliphatic heterocycles. The zero-order valence-electron chi connectivity index (χ0n) is 12.3. The van der Waals surface area contributed by atoms with Gasteiger partial charge in [0.15, 0.2) is 0 Å². The van der Waals surface area contributed by atoms with Crippen molar-refractivity contribution in [3.63, 3.8) is 0 Å². The van der Waals surface area contributed by atoms with Gasteiger partial charge in [0.05, 0.1) is 5.69 Å². The summed E-state index contributed by atoms with van der Waals surface area (Å²) in [6.07, 6.45) is 2.03. The highest BCUT2D eigenvalue weighted by molar-refractivity contribution is 6.01. The number of carbonyl (C=O) groups excluding carboxylic acids is 1. The minimum absolute atomic E-state index is 0.0294. The highest BCUT2D eigenvalue weighted by Gasteiger charge is 2.22. The first-order chi connectivity index (χ1) is 10.3. The van der Waals surface area contributed by atoms with E-state index in [0.29, 0.717) is 6.04 Å². The zero-order chi connectivity index (χ0) is 14.7. The minimum Gasteiger partial charge on any atom is -0.325 e. The summed E-state index contributed by atoms with van der Waals surface area (Å²) < 4.78 is 0. The van der Waals surface area contributed by atoms with Crippen molar-refractivity contribution in [2.45, 2.75) is 18.9 Å². The lowest BCUT2D eigenvalue weighted by Gasteiger charge is -2.31. The van der Waals surface area contributed by atoms with Crippen molar-refractivity contribution < 1.29 is 4.79 Å². The SMILES string of the molecule is CN(C(=O)Nc1cccc2ccccc12)C1CCNCC1. The summed E-state index contributed by atoms with van der Waals surface area (Å²) in [5.74, 6) is 0. The Morgan fingerprint density at radius 1 is 1.14 bits per heavy atom. The summed E-state index contributed by atoms with van der Waals surface area (Å²) in [5, 5.41) is 8.59. The molecular weight excluding hydrogens is 262 g/mol. The van der Waals surface area contributed by atoms with Crippen LogP contribution in [0, 0.1) is 0 Å². The van der Waals surface area contributed by atoms with Gasteiger partial charge in [0, 0.05) is 18.5 Å². The van der Waals surface area contributed by atoms with Gasteiger partial charge < -0.3 is 15.5 Å². The lowest BCUT2D eigenvalue weighted by Crippen LogP contribution is -2.45. The molecular formula is C17H21N3O. The van der Waals surface area contributed by atoms with Crippen LogP contribution in [0.1, 0.15) is 12.8 Å². The second-order valence-corrected chi connectivity index (χ2v) is 5.55. The Morgan fingerprint density at radius 2 is 1.86 bits per heavy atom. The number of piperidine rings is 1. The first-order valence-electron chi connectivity index (χ1n) is 7.48. The molecule has 0 radical (unpaired) electrons. The number of anilines is 1. The van der Waals surface area contributed by atoms with E-state index in [1.54, 1.807) is 0 Å². The molecule has 21 heavy (non-hydrogen) atoms. The van der Waals surface area contributed by atoms with Crippen molar-refractivity contribution >= 4 is 22.5 Å². The van der Waals surface area contributed by atoms with E-state index >= 15 is 0 Å². The molecule has 0 spiro atoms. The first kappa shape index (κ1) is 13.9. The average Bonchev–Trinajstić information content (AvgIpc) is 2.55. The molecule has 110 valence electrons. The van der Waals surface area contributed by atoms with Crippen LogP contribution in [0.15, 0.2) is 42.5 Å². The largest absolute Gasteiger partial charge is 0.325 e. The van der Waals surface area contributed by atoms with Gasteiger partial charge in [-0.2, -0.15) is 0 Å². The molecule has 0 unspecified atom stereocenters. The van der Waals surface area contributed by atoms with E-state index in [2.05, 4.69) is 22.8 Å². The first-order valence-corrected chi connectivity index (χ1v) is 7.48. The predicted octanol–water partition coefficient (Wildman–Crippen LogP) is 3.06. The molecule has 0 aromatic heterocycles. The molecule has 2 amide bonds. The van der Waals surface area contributed by atoms with Gasteiger partial charge in [0.1, 0.15) is 0 Å². The molecule has 0 aliphatic carbocycles. The summed E-state index contributed by atoms with van der Waals surface area (Å²) in [5.41, 5.74) is 0.874. The van der Waals surface area contributed by atoms with Crippen LogP contribution < -0.4 is 10.6 Å². The summed E-state index contributed by atoms with van der Waals surface area (Å²) in [7, 11) is 1.89. The quantitative estimate of drug-likeness (QED) is 0.889. The van der Waals surface area contributed by atoms with Crippen molar-refractivity contribution in [3.8, 4) is 0 Å². The van der Waals surface area contributed by atoms with Crippen LogP contribution in [-0.2, 0) is 0 Å². The van der Waals surface area contributed by atoms with E-state index in [9.17, 15) is 4.79 Å². The van der Waals surface area contributed by atoms with Gasteiger partial charge in [0.2, 0.25) is 0 Å². The number of nitrogens with one attached hydrogen (secondary N) is 2. The van der Waals surface area contributed by atoms with E-state index in [4.69, 9.17) is 0 Å². The smallest absolute Gasteiger partial charge is 0.321 e. The normalized spacial score (nSPS) is 15.9. The lowest BCUT2D eigenvalue weighted by atomic mass is 10.1. The zero-order valence-corrected chi connectivity index (χ0v) is 12.3. The third kappa shape index (κ3) is 3.00. The Balaban J connectivity index is 1.76. The van der Waals surface area contributed by atoms with Gasteiger partial charge in [-0.25, -0.2) is 4.79 Å². The van der Waals surface area contributed by atoms with Crippen molar-refractivity contribution in [1.29, 1.82) is 0 Å². The van der Waals surface area contributed by atoms with E-state index in [-0.39, 0.29) is 6.03 Å². The molecule has 1 heterocycles. The molecule has 1 aliphatic rings. The number of fused-ring (bicyclic) bond motifs is 1. The Labute approximate surface area is 125 Å². The molecule has 2 aromatic rings. The number of benzene rings is 2. The fourth-order valence-corrected chi connectivity index (χ4v) is 2.90. The van der Waals surface area contributed by atoms with Crippen molar-refractivity contribution in [2.24, 2.45) is 0 Å². The van der Waals surface area contributed by atoms with E-state index in [1.807, 2.05) is 42.3 Å². The maximum atomic E-state index is 12.4. The van der Waals surface area contributed by atoms with Crippen molar-refractivity contribution in [3.05, 3.63) is 42.5 Å². The van der Waals surface area contributed by atoms with Gasteiger partial charge in [-0.15, -0.1) is 0 Å². The highest BCUT2D eigenvalue weighted by atomic mass is 16.2. The summed E-state index contributed by atoms with van der Waals surface area (Å²) >= 11 is 0. The highest BCUT2D eigenvalue weighted by Crippen LogP contribution is 2.23. The predicted molar refractivity (Wildman–Crippen MR) is 86.6 cm³/mol. The third-order valence-electron chi connectivity index (χ3n) is 4.21. The molecule has 3 rings (SSSR count). The van der Waals surface area contributed by atoms with Gasteiger partial charge in [-0.1, -0.05) is 36.4 Å². The maximum absolute atomic E-state index is 12.4. The summed E-state index contributed by atoms with van der Waals surface area (Å²) in [6, 6.07) is 14.4. The summed E-state index contributed by atoms with van der Waals surface area (Å²) in [4.78, 5) is 14.3. The van der Waals surface area contributed by atoms with Crippen LogP contribution in [0.25, 0.3) is 10.8 Å². The Hall–Kier alpha value is -2.07. The fraction of sp³-hybridized carbons (Fsp3) is 0.353. The lowest BCUT2D eigenvalue weighted by molar-refractivity contribution is 0.189. The van der Waals surface area contributed by atoms with Crippen LogP contribution in [0.2, 0.25) is 0 Å². The van der Waals surface area contributed by atoms with Crippen LogP contribution in [0.4, 0.5) is 10.5 Å². The number of amides is 2. The monoisotopic (exact) mass is 283 g/mol. The maximum Gasteiger partial charge on any atom is 0.321 e. The Bertz CT molecular complexity index is 629. The number of carbonyl (C=O) groups is 1. The second kappa shape index (κ2) is 6.14. The van der Waals surface area contributed by atoms with Gasteiger partial charge in [0.25, 0.3) is 0 Å². The molecule has 0 saturated carbocycles. The molecule has 4 heteroatoms. The topological polar surface area (TPSA) is 44.4 Å². The number of hydrogen-bond acceptors (Lipinski definition) is 2. The van der Waals surface area contributed by atoms with Crippen LogP contribution >= 0.6 is 0 Å². The molecule has 1 fully saturated rings. The van der Waals surface area contributed by atoms with Crippen molar-refractivity contribution in [2.75, 3.05) is 25.5 Å².